The van der Waals surface area contributed by atoms with Crippen LogP contribution in [0.2, 0.25) is 0 Å². The first-order valence-corrected chi connectivity index (χ1v) is 10.9. The Bertz CT molecular complexity index is 1480. The second-order valence-corrected chi connectivity index (χ2v) is 8.48. The van der Waals surface area contributed by atoms with Gasteiger partial charge in [-0.2, -0.15) is 0 Å². The standard InChI is InChI=1S/C26H23N5O3/c1-15-8-13-20(16(2)14-15)28-25(32)23-17(3)27-26-29-21-6-4-5-7-22(21)30(26)24(23)18-9-11-19(12-10-18)31(33)34/h4-14,24H,1-3H3,(H,27,29)(H,28,32). The maximum Gasteiger partial charge on any atom is 0.269 e. The fraction of sp³-hybridized carbons (Fsp3) is 0.154. The van der Waals surface area contributed by atoms with Crippen molar-refractivity contribution in [3.05, 3.63) is 105 Å². The molecule has 2 heterocycles. The molecule has 1 aliphatic rings. The average molecular weight is 454 g/mol. The van der Waals surface area contributed by atoms with Crippen molar-refractivity contribution in [3.8, 4) is 0 Å². The minimum Gasteiger partial charge on any atom is -0.329 e. The maximum atomic E-state index is 13.7. The molecule has 1 unspecified atom stereocenters. The smallest absolute Gasteiger partial charge is 0.269 e. The molecular formula is C26H23N5O3. The third kappa shape index (κ3) is 3.59. The van der Waals surface area contributed by atoms with E-state index in [-0.39, 0.29) is 11.6 Å². The first-order chi connectivity index (χ1) is 16.3. The molecule has 1 amide bonds. The molecule has 5 rings (SSSR count). The van der Waals surface area contributed by atoms with Gasteiger partial charge in [-0.25, -0.2) is 4.98 Å². The highest BCUT2D eigenvalue weighted by molar-refractivity contribution is 6.06. The first kappa shape index (κ1) is 21.4. The summed E-state index contributed by atoms with van der Waals surface area (Å²) in [5, 5.41) is 17.6. The third-order valence-electron chi connectivity index (χ3n) is 6.13. The first-order valence-electron chi connectivity index (χ1n) is 10.9. The maximum absolute atomic E-state index is 13.7. The topological polar surface area (TPSA) is 102 Å². The van der Waals surface area contributed by atoms with E-state index >= 15 is 0 Å². The Kier molecular flexibility index (Phi) is 5.13. The second kappa shape index (κ2) is 8.15. The molecule has 0 radical (unpaired) electrons. The van der Waals surface area contributed by atoms with Crippen molar-refractivity contribution in [2.75, 3.05) is 10.6 Å². The number of nitrogens with one attached hydrogen (secondary N) is 2. The summed E-state index contributed by atoms with van der Waals surface area (Å²) < 4.78 is 1.97. The quantitative estimate of drug-likeness (QED) is 0.314. The highest BCUT2D eigenvalue weighted by Gasteiger charge is 2.34. The number of hydrogen-bond acceptors (Lipinski definition) is 5. The molecule has 2 N–H and O–H groups in total. The zero-order chi connectivity index (χ0) is 24.0. The molecule has 0 bridgehead atoms. The summed E-state index contributed by atoms with van der Waals surface area (Å²) in [5.41, 5.74) is 6.41. The fourth-order valence-corrected chi connectivity index (χ4v) is 4.50. The van der Waals surface area contributed by atoms with Gasteiger partial charge in [-0.05, 0) is 62.2 Å². The zero-order valence-electron chi connectivity index (χ0n) is 19.0. The Balaban J connectivity index is 1.65. The Labute approximate surface area is 196 Å². The number of fused-ring (bicyclic) bond motifs is 3. The van der Waals surface area contributed by atoms with E-state index in [0.717, 1.165) is 33.4 Å². The molecule has 1 atom stereocenters. The molecule has 0 saturated heterocycles. The number of amides is 1. The van der Waals surface area contributed by atoms with E-state index in [1.165, 1.54) is 12.1 Å². The number of aromatic nitrogens is 2. The normalized spacial score (nSPS) is 15.1. The molecule has 0 aliphatic carbocycles. The van der Waals surface area contributed by atoms with Gasteiger partial charge in [0.1, 0.15) is 0 Å². The molecule has 34 heavy (non-hydrogen) atoms. The van der Waals surface area contributed by atoms with E-state index in [9.17, 15) is 14.9 Å². The van der Waals surface area contributed by atoms with Gasteiger partial charge in [-0.1, -0.05) is 29.8 Å². The summed E-state index contributed by atoms with van der Waals surface area (Å²) in [6, 6.07) is 19.4. The van der Waals surface area contributed by atoms with Gasteiger partial charge >= 0.3 is 0 Å². The summed E-state index contributed by atoms with van der Waals surface area (Å²) in [6.07, 6.45) is 0. The van der Waals surface area contributed by atoms with E-state index in [1.54, 1.807) is 12.1 Å². The molecule has 0 fully saturated rings. The van der Waals surface area contributed by atoms with Crippen LogP contribution in [0.15, 0.2) is 78.0 Å². The minimum absolute atomic E-state index is 0.00428. The number of carbonyl (C=O) groups excluding carboxylic acids is 1. The van der Waals surface area contributed by atoms with Crippen molar-refractivity contribution in [2.45, 2.75) is 26.8 Å². The van der Waals surface area contributed by atoms with Crippen molar-refractivity contribution < 1.29 is 9.72 Å². The van der Waals surface area contributed by atoms with E-state index in [4.69, 9.17) is 4.98 Å². The Hall–Kier alpha value is -4.46. The lowest BCUT2D eigenvalue weighted by Gasteiger charge is -2.30. The molecule has 170 valence electrons. The van der Waals surface area contributed by atoms with Gasteiger partial charge in [0.2, 0.25) is 5.95 Å². The van der Waals surface area contributed by atoms with Crippen molar-refractivity contribution >= 4 is 34.3 Å². The molecular weight excluding hydrogens is 430 g/mol. The number of non-ortho nitro benzene ring substituents is 1. The number of hydrogen-bond donors (Lipinski definition) is 2. The number of benzene rings is 3. The average Bonchev–Trinajstić information content (AvgIpc) is 3.17. The number of aryl methyl sites for hydroxylation is 2. The van der Waals surface area contributed by atoms with Gasteiger partial charge in [-0.15, -0.1) is 0 Å². The number of imidazole rings is 1. The minimum atomic E-state index is -0.518. The van der Waals surface area contributed by atoms with E-state index in [2.05, 4.69) is 10.6 Å². The lowest BCUT2D eigenvalue weighted by atomic mass is 9.94. The lowest BCUT2D eigenvalue weighted by Crippen LogP contribution is -2.31. The largest absolute Gasteiger partial charge is 0.329 e. The number of anilines is 2. The highest BCUT2D eigenvalue weighted by atomic mass is 16.6. The molecule has 1 aromatic heterocycles. The Morgan fingerprint density at radius 3 is 2.50 bits per heavy atom. The van der Waals surface area contributed by atoms with Gasteiger partial charge in [0, 0.05) is 23.5 Å². The number of carbonyl (C=O) groups is 1. The van der Waals surface area contributed by atoms with Crippen LogP contribution in [0, 0.1) is 24.0 Å². The van der Waals surface area contributed by atoms with Gasteiger partial charge in [-0.3, -0.25) is 19.5 Å². The lowest BCUT2D eigenvalue weighted by molar-refractivity contribution is -0.384. The van der Waals surface area contributed by atoms with Crippen LogP contribution >= 0.6 is 0 Å². The van der Waals surface area contributed by atoms with Crippen molar-refractivity contribution in [2.24, 2.45) is 0 Å². The van der Waals surface area contributed by atoms with Crippen molar-refractivity contribution in [3.63, 3.8) is 0 Å². The SMILES string of the molecule is CC1=C(C(=O)Nc2ccc(C)cc2C)C(c2ccc([N+](=O)[O-])cc2)n2c(nc3ccccc32)N1. The number of nitro benzene ring substituents is 1. The molecule has 3 aromatic carbocycles. The van der Waals surface area contributed by atoms with Gasteiger partial charge in [0.05, 0.1) is 27.6 Å². The van der Waals surface area contributed by atoms with Crippen LogP contribution < -0.4 is 10.6 Å². The van der Waals surface area contributed by atoms with E-state index < -0.39 is 11.0 Å². The number of nitro groups is 1. The van der Waals surface area contributed by atoms with Crippen LogP contribution in [0.25, 0.3) is 11.0 Å². The fourth-order valence-electron chi connectivity index (χ4n) is 4.50. The monoisotopic (exact) mass is 453 g/mol. The number of nitrogens with zero attached hydrogens (tertiary/aromatic N) is 3. The number of allylic oxidation sites excluding steroid dienone is 1. The van der Waals surface area contributed by atoms with Gasteiger partial charge < -0.3 is 10.6 Å². The molecule has 0 spiro atoms. The molecule has 1 aliphatic heterocycles. The van der Waals surface area contributed by atoms with Gasteiger partial charge in [0.15, 0.2) is 0 Å². The van der Waals surface area contributed by atoms with Gasteiger partial charge in [0.25, 0.3) is 11.6 Å². The number of para-hydroxylation sites is 2. The zero-order valence-corrected chi connectivity index (χ0v) is 19.0. The van der Waals surface area contributed by atoms with E-state index in [1.807, 2.05) is 67.8 Å². The van der Waals surface area contributed by atoms with Crippen LogP contribution in [-0.2, 0) is 4.79 Å². The molecule has 0 saturated carbocycles. The highest BCUT2D eigenvalue weighted by Crippen LogP contribution is 2.40. The van der Waals surface area contributed by atoms with Crippen LogP contribution in [0.4, 0.5) is 17.3 Å². The summed E-state index contributed by atoms with van der Waals surface area (Å²) in [7, 11) is 0. The van der Waals surface area contributed by atoms with E-state index in [0.29, 0.717) is 17.2 Å². The summed E-state index contributed by atoms with van der Waals surface area (Å²) in [5.74, 6) is 0.369. The third-order valence-corrected chi connectivity index (χ3v) is 6.13. The van der Waals surface area contributed by atoms with Crippen LogP contribution in [0.1, 0.15) is 29.7 Å². The summed E-state index contributed by atoms with van der Waals surface area (Å²) >= 11 is 0. The molecule has 4 aromatic rings. The van der Waals surface area contributed by atoms with Crippen molar-refractivity contribution in [1.82, 2.24) is 9.55 Å². The van der Waals surface area contributed by atoms with Crippen molar-refractivity contribution in [1.29, 1.82) is 0 Å². The Morgan fingerprint density at radius 2 is 1.79 bits per heavy atom. The van der Waals surface area contributed by atoms with Crippen LogP contribution in [0.3, 0.4) is 0 Å². The predicted octanol–water partition coefficient (Wildman–Crippen LogP) is 5.49. The molecule has 8 heteroatoms. The number of rotatable bonds is 4. The summed E-state index contributed by atoms with van der Waals surface area (Å²) in [4.78, 5) is 29.2. The Morgan fingerprint density at radius 1 is 1.06 bits per heavy atom. The summed E-state index contributed by atoms with van der Waals surface area (Å²) in [6.45, 7) is 5.81. The molecule has 8 nitrogen and oxygen atoms in total. The second-order valence-electron chi connectivity index (χ2n) is 8.48. The van der Waals surface area contributed by atoms with Crippen LogP contribution in [0.5, 0.6) is 0 Å². The van der Waals surface area contributed by atoms with Crippen LogP contribution in [-0.4, -0.2) is 20.4 Å². The predicted molar refractivity (Wildman–Crippen MR) is 132 cm³/mol.